The Bertz CT molecular complexity index is 349. The van der Waals surface area contributed by atoms with Crippen LogP contribution in [0, 0.1) is 0 Å². The number of oxazole rings is 1. The van der Waals surface area contributed by atoms with Gasteiger partial charge in [0.05, 0.1) is 5.69 Å². The highest BCUT2D eigenvalue weighted by molar-refractivity contribution is 5.15. The molecule has 0 aliphatic heterocycles. The fourth-order valence-corrected chi connectivity index (χ4v) is 1.57. The Kier molecular flexibility index (Phi) is 4.33. The zero-order chi connectivity index (χ0) is 13.1. The molecule has 4 heteroatoms. The Morgan fingerprint density at radius 3 is 2.47 bits per heavy atom. The lowest BCUT2D eigenvalue weighted by molar-refractivity contribution is -0.0200. The van der Waals surface area contributed by atoms with Crippen molar-refractivity contribution in [2.24, 2.45) is 0 Å². The van der Waals surface area contributed by atoms with Crippen molar-refractivity contribution < 1.29 is 9.15 Å². The van der Waals surface area contributed by atoms with Crippen LogP contribution in [0.25, 0.3) is 0 Å². The van der Waals surface area contributed by atoms with E-state index in [9.17, 15) is 0 Å². The summed E-state index contributed by atoms with van der Waals surface area (Å²) in [5.74, 6) is 0.819. The van der Waals surface area contributed by atoms with Gasteiger partial charge in [-0.15, -0.1) is 0 Å². The van der Waals surface area contributed by atoms with Gasteiger partial charge >= 0.3 is 0 Å². The second kappa shape index (κ2) is 5.19. The van der Waals surface area contributed by atoms with Gasteiger partial charge in [-0.1, -0.05) is 6.92 Å². The van der Waals surface area contributed by atoms with Crippen LogP contribution in [0.2, 0.25) is 0 Å². The smallest absolute Gasteiger partial charge is 0.181 e. The van der Waals surface area contributed by atoms with Crippen molar-refractivity contribution in [3.8, 4) is 0 Å². The molecule has 1 heterocycles. The molecule has 0 spiro atoms. The standard InChI is InChI=1S/C13H24N2O2/c1-7-13(5,16-6)11-10(14-9-17-11)8-15-12(2,3)4/h9,15H,7-8H2,1-6H3. The number of nitrogens with zero attached hydrogens (tertiary/aromatic N) is 1. The molecule has 1 atom stereocenters. The van der Waals surface area contributed by atoms with E-state index in [1.165, 1.54) is 6.39 Å². The molecule has 98 valence electrons. The molecule has 0 amide bonds. The number of ether oxygens (including phenoxy) is 1. The summed E-state index contributed by atoms with van der Waals surface area (Å²) in [6, 6.07) is 0. The Morgan fingerprint density at radius 2 is 2.00 bits per heavy atom. The Morgan fingerprint density at radius 1 is 1.35 bits per heavy atom. The third-order valence-corrected chi connectivity index (χ3v) is 3.03. The number of nitrogens with one attached hydrogen (secondary N) is 1. The lowest BCUT2D eigenvalue weighted by Gasteiger charge is -2.26. The lowest BCUT2D eigenvalue weighted by atomic mass is 9.98. The van der Waals surface area contributed by atoms with Crippen molar-refractivity contribution in [3.63, 3.8) is 0 Å². The molecular weight excluding hydrogens is 216 g/mol. The van der Waals surface area contributed by atoms with Gasteiger partial charge in [-0.25, -0.2) is 4.98 Å². The first-order chi connectivity index (χ1) is 7.82. The summed E-state index contributed by atoms with van der Waals surface area (Å²) >= 11 is 0. The predicted molar refractivity (Wildman–Crippen MR) is 67.7 cm³/mol. The Balaban J connectivity index is 2.86. The Labute approximate surface area is 104 Å². The minimum Gasteiger partial charge on any atom is -0.445 e. The number of rotatable bonds is 5. The molecule has 1 aromatic rings. The van der Waals surface area contributed by atoms with Gasteiger partial charge in [0, 0.05) is 19.2 Å². The van der Waals surface area contributed by atoms with Crippen LogP contribution in [0.3, 0.4) is 0 Å². The van der Waals surface area contributed by atoms with Crippen LogP contribution < -0.4 is 5.32 Å². The van der Waals surface area contributed by atoms with E-state index in [0.29, 0.717) is 6.54 Å². The van der Waals surface area contributed by atoms with E-state index in [2.05, 4.69) is 38.0 Å². The summed E-state index contributed by atoms with van der Waals surface area (Å²) in [5, 5.41) is 3.41. The maximum absolute atomic E-state index is 5.54. The fraction of sp³-hybridized carbons (Fsp3) is 0.769. The molecule has 4 nitrogen and oxygen atoms in total. The Hall–Kier alpha value is -0.870. The second-order valence-corrected chi connectivity index (χ2v) is 5.52. The molecular formula is C13H24N2O2. The molecule has 0 fully saturated rings. The topological polar surface area (TPSA) is 47.3 Å². The van der Waals surface area contributed by atoms with E-state index in [0.717, 1.165) is 17.9 Å². The van der Waals surface area contributed by atoms with E-state index in [-0.39, 0.29) is 5.54 Å². The monoisotopic (exact) mass is 240 g/mol. The highest BCUT2D eigenvalue weighted by atomic mass is 16.5. The van der Waals surface area contributed by atoms with Crippen LogP contribution >= 0.6 is 0 Å². The van der Waals surface area contributed by atoms with Gasteiger partial charge in [0.1, 0.15) is 5.60 Å². The molecule has 0 saturated heterocycles. The van der Waals surface area contributed by atoms with Crippen LogP contribution in [0.5, 0.6) is 0 Å². The summed E-state index contributed by atoms with van der Waals surface area (Å²) < 4.78 is 11.0. The van der Waals surface area contributed by atoms with Gasteiger partial charge in [-0.05, 0) is 34.1 Å². The molecule has 17 heavy (non-hydrogen) atoms. The summed E-state index contributed by atoms with van der Waals surface area (Å²) in [4.78, 5) is 4.27. The zero-order valence-electron chi connectivity index (χ0n) is 11.8. The normalized spacial score (nSPS) is 15.9. The SMILES string of the molecule is CCC(C)(OC)c1ocnc1CNC(C)(C)C. The zero-order valence-corrected chi connectivity index (χ0v) is 11.8. The number of aromatic nitrogens is 1. The van der Waals surface area contributed by atoms with Crippen LogP contribution in [-0.4, -0.2) is 17.6 Å². The highest BCUT2D eigenvalue weighted by Crippen LogP contribution is 2.30. The number of hydrogen-bond acceptors (Lipinski definition) is 4. The van der Waals surface area contributed by atoms with E-state index in [1.54, 1.807) is 7.11 Å². The van der Waals surface area contributed by atoms with E-state index >= 15 is 0 Å². The number of methoxy groups -OCH3 is 1. The maximum Gasteiger partial charge on any atom is 0.181 e. The van der Waals surface area contributed by atoms with Crippen molar-refractivity contribution in [2.75, 3.05) is 7.11 Å². The van der Waals surface area contributed by atoms with Gasteiger partial charge in [0.15, 0.2) is 12.2 Å². The first-order valence-corrected chi connectivity index (χ1v) is 6.05. The van der Waals surface area contributed by atoms with Gasteiger partial charge < -0.3 is 14.5 Å². The summed E-state index contributed by atoms with van der Waals surface area (Å²) in [6.07, 6.45) is 2.34. The van der Waals surface area contributed by atoms with Gasteiger partial charge in [-0.2, -0.15) is 0 Å². The quantitative estimate of drug-likeness (QED) is 0.859. The van der Waals surface area contributed by atoms with Gasteiger partial charge in [0.25, 0.3) is 0 Å². The molecule has 1 N–H and O–H groups in total. The van der Waals surface area contributed by atoms with Crippen LogP contribution in [0.15, 0.2) is 10.8 Å². The highest BCUT2D eigenvalue weighted by Gasteiger charge is 2.31. The molecule has 0 saturated carbocycles. The largest absolute Gasteiger partial charge is 0.445 e. The van der Waals surface area contributed by atoms with Crippen molar-refractivity contribution >= 4 is 0 Å². The molecule has 0 aliphatic carbocycles. The van der Waals surface area contributed by atoms with Crippen molar-refractivity contribution in [3.05, 3.63) is 17.8 Å². The summed E-state index contributed by atoms with van der Waals surface area (Å²) in [5.41, 5.74) is 0.586. The minimum absolute atomic E-state index is 0.0614. The van der Waals surface area contributed by atoms with Gasteiger partial charge in [0.2, 0.25) is 0 Å². The van der Waals surface area contributed by atoms with Crippen LogP contribution in [0.1, 0.15) is 52.5 Å². The molecule has 1 unspecified atom stereocenters. The minimum atomic E-state index is -0.397. The fourth-order valence-electron chi connectivity index (χ4n) is 1.57. The molecule has 1 rings (SSSR count). The predicted octanol–water partition coefficient (Wildman–Crippen LogP) is 2.83. The number of hydrogen-bond donors (Lipinski definition) is 1. The van der Waals surface area contributed by atoms with Crippen LogP contribution in [-0.2, 0) is 16.9 Å². The van der Waals surface area contributed by atoms with Gasteiger partial charge in [-0.3, -0.25) is 0 Å². The average molecular weight is 240 g/mol. The van der Waals surface area contributed by atoms with E-state index in [1.807, 2.05) is 6.92 Å². The molecule has 0 aromatic carbocycles. The summed E-state index contributed by atoms with van der Waals surface area (Å²) in [6.45, 7) is 11.2. The molecule has 0 bridgehead atoms. The third kappa shape index (κ3) is 3.54. The van der Waals surface area contributed by atoms with Crippen molar-refractivity contribution in [1.82, 2.24) is 10.3 Å². The molecule has 0 radical (unpaired) electrons. The lowest BCUT2D eigenvalue weighted by Crippen LogP contribution is -2.36. The molecule has 1 aromatic heterocycles. The summed E-state index contributed by atoms with van der Waals surface area (Å²) in [7, 11) is 1.70. The first kappa shape index (κ1) is 14.2. The second-order valence-electron chi connectivity index (χ2n) is 5.52. The van der Waals surface area contributed by atoms with Crippen molar-refractivity contribution in [2.45, 2.75) is 58.7 Å². The van der Waals surface area contributed by atoms with Crippen molar-refractivity contribution in [1.29, 1.82) is 0 Å². The van der Waals surface area contributed by atoms with E-state index in [4.69, 9.17) is 9.15 Å². The molecule has 0 aliphatic rings. The average Bonchev–Trinajstić information content (AvgIpc) is 2.73. The third-order valence-electron chi connectivity index (χ3n) is 3.03. The van der Waals surface area contributed by atoms with Crippen LogP contribution in [0.4, 0.5) is 0 Å². The maximum atomic E-state index is 5.54. The van der Waals surface area contributed by atoms with E-state index < -0.39 is 5.60 Å². The first-order valence-electron chi connectivity index (χ1n) is 6.05.